The molecule has 6 nitrogen and oxygen atoms in total. The van der Waals surface area contributed by atoms with Crippen molar-refractivity contribution in [1.82, 2.24) is 0 Å². The van der Waals surface area contributed by atoms with Crippen molar-refractivity contribution in [2.24, 2.45) is 0 Å². The van der Waals surface area contributed by atoms with Crippen LogP contribution < -0.4 is 9.47 Å². The number of hydrogen-bond donors (Lipinski definition) is 0. The maximum atomic E-state index is 13.0. The molecular weight excluding hydrogens is 396 g/mol. The van der Waals surface area contributed by atoms with E-state index in [2.05, 4.69) is 0 Å². The number of ether oxygens (including phenoxy) is 4. The van der Waals surface area contributed by atoms with Gasteiger partial charge in [0.2, 0.25) is 0 Å². The lowest BCUT2D eigenvalue weighted by Gasteiger charge is -2.18. The number of carbonyl (C=O) groups is 2. The molecule has 3 rings (SSSR count). The molecule has 0 saturated heterocycles. The van der Waals surface area contributed by atoms with Crippen LogP contribution in [0.15, 0.2) is 54.6 Å². The van der Waals surface area contributed by atoms with Crippen molar-refractivity contribution in [3.05, 3.63) is 71.3 Å². The van der Waals surface area contributed by atoms with Crippen LogP contribution in [0.4, 0.5) is 0 Å². The first kappa shape index (κ1) is 22.3. The zero-order valence-corrected chi connectivity index (χ0v) is 18.0. The summed E-state index contributed by atoms with van der Waals surface area (Å²) in [5.41, 5.74) is 2.48. The molecule has 3 aromatic carbocycles. The largest absolute Gasteiger partial charge is 0.493 e. The van der Waals surface area contributed by atoms with Gasteiger partial charge in [0.15, 0.2) is 24.1 Å². The van der Waals surface area contributed by atoms with Crippen molar-refractivity contribution < 1.29 is 28.5 Å². The quantitative estimate of drug-likeness (QED) is 0.206. The maximum absolute atomic E-state index is 13.0. The van der Waals surface area contributed by atoms with Crippen molar-refractivity contribution in [3.63, 3.8) is 0 Å². The number of fused-ring (bicyclic) bond motifs is 1. The average Bonchev–Trinajstić information content (AvgIpc) is 2.78. The molecule has 31 heavy (non-hydrogen) atoms. The first-order valence-electron chi connectivity index (χ1n) is 10.1. The monoisotopic (exact) mass is 422 g/mol. The lowest BCUT2D eigenvalue weighted by Crippen LogP contribution is -2.12. The van der Waals surface area contributed by atoms with Gasteiger partial charge < -0.3 is 18.9 Å². The van der Waals surface area contributed by atoms with E-state index in [9.17, 15) is 9.59 Å². The molecule has 0 N–H and O–H groups in total. The predicted molar refractivity (Wildman–Crippen MR) is 118 cm³/mol. The van der Waals surface area contributed by atoms with Crippen LogP contribution in [0, 0.1) is 0 Å². The summed E-state index contributed by atoms with van der Waals surface area (Å²) < 4.78 is 21.5. The Kier molecular flexibility index (Phi) is 7.62. The van der Waals surface area contributed by atoms with Crippen molar-refractivity contribution in [2.45, 2.75) is 19.8 Å². The number of benzene rings is 3. The standard InChI is InChI=1S/C25H26O6/c1-4-30-23(27)15-21(26)20-14-22(29-3)25(31-16-28-2)24-18(11-8-12-19(20)24)13-17-9-6-5-7-10-17/h5-12,14H,4,13,15-16H2,1-3H3. The van der Waals surface area contributed by atoms with Gasteiger partial charge in [-0.05, 0) is 35.9 Å². The van der Waals surface area contributed by atoms with Crippen LogP contribution in [-0.2, 0) is 20.7 Å². The molecule has 0 saturated carbocycles. The minimum absolute atomic E-state index is 0.0290. The molecule has 0 atom stereocenters. The van der Waals surface area contributed by atoms with Crippen LogP contribution in [0.25, 0.3) is 10.8 Å². The molecule has 0 aliphatic carbocycles. The maximum Gasteiger partial charge on any atom is 0.313 e. The zero-order chi connectivity index (χ0) is 22.2. The fourth-order valence-electron chi connectivity index (χ4n) is 3.54. The number of ketones is 1. The Bertz CT molecular complexity index is 1060. The SMILES string of the molecule is CCOC(=O)CC(=O)c1cc(OC)c(OCOC)c2c(Cc3ccccc3)cccc12. The molecule has 0 amide bonds. The summed E-state index contributed by atoms with van der Waals surface area (Å²) in [6.45, 7) is 1.96. The van der Waals surface area contributed by atoms with E-state index in [4.69, 9.17) is 18.9 Å². The van der Waals surface area contributed by atoms with Crippen LogP contribution in [0.3, 0.4) is 0 Å². The Morgan fingerprint density at radius 2 is 1.74 bits per heavy atom. The summed E-state index contributed by atoms with van der Waals surface area (Å²) >= 11 is 0. The molecule has 0 spiro atoms. The van der Waals surface area contributed by atoms with Gasteiger partial charge in [0, 0.05) is 18.1 Å². The van der Waals surface area contributed by atoms with E-state index < -0.39 is 5.97 Å². The second-order valence-corrected chi connectivity index (χ2v) is 6.91. The highest BCUT2D eigenvalue weighted by Crippen LogP contribution is 2.41. The zero-order valence-electron chi connectivity index (χ0n) is 18.0. The minimum Gasteiger partial charge on any atom is -0.493 e. The lowest BCUT2D eigenvalue weighted by atomic mass is 9.92. The van der Waals surface area contributed by atoms with Crippen molar-refractivity contribution >= 4 is 22.5 Å². The third-order valence-electron chi connectivity index (χ3n) is 4.86. The van der Waals surface area contributed by atoms with Gasteiger partial charge in [0.05, 0.1) is 13.7 Å². The molecule has 3 aromatic rings. The van der Waals surface area contributed by atoms with E-state index in [1.54, 1.807) is 13.0 Å². The Labute approximate surface area is 181 Å². The Morgan fingerprint density at radius 3 is 2.42 bits per heavy atom. The summed E-state index contributed by atoms with van der Waals surface area (Å²) in [5.74, 6) is 0.00695. The molecule has 162 valence electrons. The molecule has 0 fully saturated rings. The van der Waals surface area contributed by atoms with Crippen molar-refractivity contribution in [3.8, 4) is 11.5 Å². The van der Waals surface area contributed by atoms with Crippen LogP contribution in [-0.4, -0.2) is 39.4 Å². The molecule has 0 radical (unpaired) electrons. The van der Waals surface area contributed by atoms with Gasteiger partial charge in [0.25, 0.3) is 0 Å². The Morgan fingerprint density at radius 1 is 0.968 bits per heavy atom. The van der Waals surface area contributed by atoms with Crippen LogP contribution >= 0.6 is 0 Å². The number of methoxy groups -OCH3 is 2. The number of hydrogen-bond acceptors (Lipinski definition) is 6. The highest BCUT2D eigenvalue weighted by Gasteiger charge is 2.22. The van der Waals surface area contributed by atoms with Crippen molar-refractivity contribution in [2.75, 3.05) is 27.6 Å². The molecule has 0 aliphatic heterocycles. The third-order valence-corrected chi connectivity index (χ3v) is 4.86. The summed E-state index contributed by atoms with van der Waals surface area (Å²) in [4.78, 5) is 24.9. The summed E-state index contributed by atoms with van der Waals surface area (Å²) in [7, 11) is 3.05. The minimum atomic E-state index is -0.556. The summed E-state index contributed by atoms with van der Waals surface area (Å²) in [5, 5.41) is 1.45. The van der Waals surface area contributed by atoms with Crippen LogP contribution in [0.5, 0.6) is 11.5 Å². The van der Waals surface area contributed by atoms with Gasteiger partial charge in [-0.2, -0.15) is 0 Å². The number of esters is 1. The van der Waals surface area contributed by atoms with E-state index >= 15 is 0 Å². The molecule has 0 aromatic heterocycles. The van der Waals surface area contributed by atoms with E-state index in [0.29, 0.717) is 28.9 Å². The van der Waals surface area contributed by atoms with Gasteiger partial charge in [-0.1, -0.05) is 48.5 Å². The first-order chi connectivity index (χ1) is 15.1. The van der Waals surface area contributed by atoms with Crippen LogP contribution in [0.2, 0.25) is 0 Å². The molecule has 0 unspecified atom stereocenters. The van der Waals surface area contributed by atoms with Crippen molar-refractivity contribution in [1.29, 1.82) is 0 Å². The number of rotatable bonds is 10. The average molecular weight is 422 g/mol. The normalized spacial score (nSPS) is 10.7. The topological polar surface area (TPSA) is 71.1 Å². The summed E-state index contributed by atoms with van der Waals surface area (Å²) in [6.07, 6.45) is 0.299. The van der Waals surface area contributed by atoms with E-state index in [1.165, 1.54) is 14.2 Å². The van der Waals surface area contributed by atoms with E-state index in [1.807, 2.05) is 48.5 Å². The molecular formula is C25H26O6. The molecule has 6 heteroatoms. The molecule has 0 bridgehead atoms. The van der Waals surface area contributed by atoms with E-state index in [0.717, 1.165) is 16.5 Å². The van der Waals surface area contributed by atoms with Gasteiger partial charge in [-0.25, -0.2) is 0 Å². The van der Waals surface area contributed by atoms with E-state index in [-0.39, 0.29) is 25.6 Å². The van der Waals surface area contributed by atoms with Crippen LogP contribution in [0.1, 0.15) is 34.8 Å². The second kappa shape index (κ2) is 10.6. The highest BCUT2D eigenvalue weighted by atomic mass is 16.7. The van der Waals surface area contributed by atoms with Gasteiger partial charge in [-0.3, -0.25) is 9.59 Å². The molecule has 0 heterocycles. The first-order valence-corrected chi connectivity index (χ1v) is 10.1. The fraction of sp³-hybridized carbons (Fsp3) is 0.280. The summed E-state index contributed by atoms with van der Waals surface area (Å²) in [6, 6.07) is 17.4. The Hall–Kier alpha value is -3.38. The highest BCUT2D eigenvalue weighted by molar-refractivity contribution is 6.15. The Balaban J connectivity index is 2.18. The van der Waals surface area contributed by atoms with Gasteiger partial charge >= 0.3 is 5.97 Å². The number of Topliss-reactive ketones (excluding diaryl/α,β-unsaturated/α-hetero) is 1. The predicted octanol–water partition coefficient (Wildman–Crippen LogP) is 4.56. The smallest absolute Gasteiger partial charge is 0.313 e. The second-order valence-electron chi connectivity index (χ2n) is 6.91. The third kappa shape index (κ3) is 5.22. The van der Waals surface area contributed by atoms with Gasteiger partial charge in [-0.15, -0.1) is 0 Å². The number of carbonyl (C=O) groups excluding carboxylic acids is 2. The lowest BCUT2D eigenvalue weighted by molar-refractivity contribution is -0.141. The van der Waals surface area contributed by atoms with Gasteiger partial charge in [0.1, 0.15) is 6.42 Å². The fourth-order valence-corrected chi connectivity index (χ4v) is 3.54. The molecule has 0 aliphatic rings.